The van der Waals surface area contributed by atoms with Gasteiger partial charge in [-0.3, -0.25) is 29.0 Å². The van der Waals surface area contributed by atoms with Gasteiger partial charge < -0.3 is 48.7 Å². The molecule has 5 heterocycles. The Bertz CT molecular complexity index is 2150. The van der Waals surface area contributed by atoms with E-state index in [1.54, 1.807) is 13.8 Å². The smallest absolute Gasteiger partial charge is 0.472 e. The highest BCUT2D eigenvalue weighted by Crippen LogP contribution is 2.46. The number of oxime groups is 1. The molecule has 0 saturated carbocycles. The summed E-state index contributed by atoms with van der Waals surface area (Å²) in [5.41, 5.74) is -2.69. The van der Waals surface area contributed by atoms with Gasteiger partial charge in [0.05, 0.1) is 31.0 Å². The highest BCUT2D eigenvalue weighted by Gasteiger charge is 2.54. The molecule has 4 aliphatic heterocycles. The first-order valence-electron chi connectivity index (χ1n) is 17.8. The van der Waals surface area contributed by atoms with E-state index in [0.29, 0.717) is 35.9 Å². The van der Waals surface area contributed by atoms with Gasteiger partial charge in [-0.25, -0.2) is 27.5 Å². The summed E-state index contributed by atoms with van der Waals surface area (Å²) in [7, 11) is -5.06. The van der Waals surface area contributed by atoms with Crippen LogP contribution in [-0.2, 0) is 34.7 Å². The summed E-state index contributed by atoms with van der Waals surface area (Å²) in [5, 5.41) is 16.0. The number of aliphatic carboxylic acids is 1. The molecule has 1 unspecified atom stereocenters. The molecule has 4 aliphatic rings. The van der Waals surface area contributed by atoms with Gasteiger partial charge in [0.25, 0.3) is 11.8 Å². The fourth-order valence-corrected chi connectivity index (χ4v) is 7.54. The Hall–Kier alpha value is -5.48. The lowest BCUT2D eigenvalue weighted by Gasteiger charge is -2.42. The van der Waals surface area contributed by atoms with Crippen LogP contribution in [0.25, 0.3) is 0 Å². The van der Waals surface area contributed by atoms with Gasteiger partial charge in [-0.15, -0.1) is 0 Å². The Balaban J connectivity index is 1.37. The largest absolute Gasteiger partial charge is 0.480 e. The summed E-state index contributed by atoms with van der Waals surface area (Å²) in [6.45, 7) is -0.323. The number of nitrogens with zero attached hydrogens (tertiary/aromatic N) is 5. The van der Waals surface area contributed by atoms with E-state index >= 15 is 0 Å². The van der Waals surface area contributed by atoms with E-state index < -0.39 is 110 Å². The van der Waals surface area contributed by atoms with Crippen molar-refractivity contribution in [2.24, 2.45) is 5.16 Å². The molecule has 1 aromatic carbocycles. The molecule has 4 amide bonds. The minimum Gasteiger partial charge on any atom is -0.480 e. The highest BCUT2D eigenvalue weighted by molar-refractivity contribution is 7.46. The zero-order chi connectivity index (χ0) is 42.1. The average Bonchev–Trinajstić information content (AvgIpc) is 3.48. The number of ether oxygens (including phenoxy) is 3. The molecular weight excluding hydrogens is 801 g/mol. The molecular formula is C34H39F2N6O15P. The Kier molecular flexibility index (Phi) is 12.2. The van der Waals surface area contributed by atoms with Gasteiger partial charge in [-0.2, -0.15) is 0 Å². The summed E-state index contributed by atoms with van der Waals surface area (Å²) in [5.74, 6) is -5.94. The molecule has 2 aromatic rings. The van der Waals surface area contributed by atoms with Crippen molar-refractivity contribution >= 4 is 43.5 Å². The molecule has 1 aromatic heterocycles. The fourth-order valence-electron chi connectivity index (χ4n) is 7.35. The van der Waals surface area contributed by atoms with Crippen LogP contribution in [0.2, 0.25) is 0 Å². The Morgan fingerprint density at radius 1 is 1.19 bits per heavy atom. The minimum absolute atomic E-state index is 0.0636. The number of phosphoric ester groups is 1. The number of pyridine rings is 1. The second-order valence-corrected chi connectivity index (χ2v) is 15.3. The molecule has 58 heavy (non-hydrogen) atoms. The topological polar surface area (TPSA) is 265 Å². The lowest BCUT2D eigenvalue weighted by atomic mass is 9.84. The number of carboxylic acids is 1. The van der Waals surface area contributed by atoms with E-state index in [2.05, 4.69) is 19.7 Å². The molecule has 2 saturated heterocycles. The molecule has 2 fully saturated rings. The molecule has 24 heteroatoms. The number of nitrogens with one attached hydrogen (secondary N) is 1. The van der Waals surface area contributed by atoms with Crippen molar-refractivity contribution in [3.05, 3.63) is 63.1 Å². The van der Waals surface area contributed by atoms with E-state index in [-0.39, 0.29) is 43.6 Å². The van der Waals surface area contributed by atoms with Crippen molar-refractivity contribution in [2.75, 3.05) is 46.2 Å². The summed E-state index contributed by atoms with van der Waals surface area (Å²) < 4.78 is 60.4. The number of rotatable bonds is 11. The SMILES string of the molecule is CC1=NO[C@@]2(CC[C@H](C)N3C[C@H]2n2cc(C(=O)NCc4ccc(F)cc4F)c(=O)c(OC(=O)N4CCOCC4CN(CC(=O)O)C(=O)OCOP(=O)(O)O)c2C3=O)C1. The van der Waals surface area contributed by atoms with E-state index in [9.17, 15) is 47.2 Å². The molecule has 6 rings (SSSR count). The van der Waals surface area contributed by atoms with Crippen molar-refractivity contribution < 1.29 is 75.8 Å². The molecule has 314 valence electrons. The van der Waals surface area contributed by atoms with Gasteiger partial charge in [0.2, 0.25) is 18.0 Å². The van der Waals surface area contributed by atoms with E-state index in [1.165, 1.54) is 9.47 Å². The van der Waals surface area contributed by atoms with E-state index in [1.807, 2.05) is 0 Å². The maximum atomic E-state index is 14.5. The third kappa shape index (κ3) is 8.97. The van der Waals surface area contributed by atoms with Crippen LogP contribution in [0.5, 0.6) is 5.75 Å². The van der Waals surface area contributed by atoms with Crippen LogP contribution in [0, 0.1) is 11.6 Å². The van der Waals surface area contributed by atoms with Crippen LogP contribution in [0.1, 0.15) is 65.6 Å². The van der Waals surface area contributed by atoms with Gasteiger partial charge in [-0.1, -0.05) is 11.2 Å². The lowest BCUT2D eigenvalue weighted by Crippen LogP contribution is -2.56. The predicted molar refractivity (Wildman–Crippen MR) is 190 cm³/mol. The molecule has 21 nitrogen and oxygen atoms in total. The summed E-state index contributed by atoms with van der Waals surface area (Å²) in [6, 6.07) is 0.375. The molecule has 0 radical (unpaired) electrons. The maximum absolute atomic E-state index is 14.5. The maximum Gasteiger partial charge on any atom is 0.472 e. The van der Waals surface area contributed by atoms with E-state index in [0.717, 1.165) is 23.2 Å². The number of morpholine rings is 1. The second-order valence-electron chi connectivity index (χ2n) is 14.1. The molecule has 4 N–H and O–H groups in total. The normalized spacial score (nSPS) is 22.7. The quantitative estimate of drug-likeness (QED) is 0.185. The zero-order valence-corrected chi connectivity index (χ0v) is 31.9. The zero-order valence-electron chi connectivity index (χ0n) is 31.0. The molecule has 4 atom stereocenters. The number of halogens is 2. The number of hydrogen-bond donors (Lipinski definition) is 4. The van der Waals surface area contributed by atoms with Crippen LogP contribution in [0.15, 0.2) is 34.3 Å². The Labute approximate surface area is 327 Å². The van der Waals surface area contributed by atoms with Crippen LogP contribution < -0.4 is 15.5 Å². The number of carboxylic acid groups (broad SMARTS) is 1. The third-order valence-corrected chi connectivity index (χ3v) is 10.6. The second kappa shape index (κ2) is 16.8. The average molecular weight is 841 g/mol. The van der Waals surface area contributed by atoms with Gasteiger partial charge >= 0.3 is 26.0 Å². The van der Waals surface area contributed by atoms with Gasteiger partial charge in [0, 0.05) is 56.5 Å². The Morgan fingerprint density at radius 2 is 1.95 bits per heavy atom. The summed E-state index contributed by atoms with van der Waals surface area (Å²) in [6.07, 6.45) is -0.308. The van der Waals surface area contributed by atoms with Gasteiger partial charge in [0.15, 0.2) is 11.3 Å². The number of fused-ring (bicyclic) bond motifs is 5. The first kappa shape index (κ1) is 42.1. The highest BCUT2D eigenvalue weighted by atomic mass is 31.2. The number of carbonyl (C=O) groups excluding carboxylic acids is 4. The molecule has 0 aliphatic carbocycles. The van der Waals surface area contributed by atoms with Gasteiger partial charge in [0.1, 0.15) is 23.7 Å². The van der Waals surface area contributed by atoms with E-state index in [4.69, 9.17) is 24.1 Å². The minimum atomic E-state index is -5.06. The first-order valence-corrected chi connectivity index (χ1v) is 19.3. The fraction of sp³-hybridized carbons (Fsp3) is 0.500. The first-order chi connectivity index (χ1) is 27.4. The summed E-state index contributed by atoms with van der Waals surface area (Å²) in [4.78, 5) is 108. The van der Waals surface area contributed by atoms with Crippen molar-refractivity contribution in [3.63, 3.8) is 0 Å². The van der Waals surface area contributed by atoms with Crippen molar-refractivity contribution in [1.29, 1.82) is 0 Å². The predicted octanol–water partition coefficient (Wildman–Crippen LogP) is 1.56. The number of amides is 4. The van der Waals surface area contributed by atoms with Crippen LogP contribution in [0.4, 0.5) is 18.4 Å². The number of benzene rings is 1. The summed E-state index contributed by atoms with van der Waals surface area (Å²) >= 11 is 0. The third-order valence-electron chi connectivity index (χ3n) is 10.2. The monoisotopic (exact) mass is 840 g/mol. The number of phosphoric acid groups is 1. The molecule has 2 bridgehead atoms. The lowest BCUT2D eigenvalue weighted by molar-refractivity contribution is -0.138. The van der Waals surface area contributed by atoms with Crippen LogP contribution in [-0.4, -0.2) is 134 Å². The van der Waals surface area contributed by atoms with Crippen molar-refractivity contribution in [2.45, 2.75) is 63.4 Å². The Morgan fingerprint density at radius 3 is 2.62 bits per heavy atom. The number of carbonyl (C=O) groups is 5. The van der Waals surface area contributed by atoms with Crippen LogP contribution in [0.3, 0.4) is 0 Å². The van der Waals surface area contributed by atoms with Crippen molar-refractivity contribution in [1.82, 2.24) is 24.6 Å². The van der Waals surface area contributed by atoms with Crippen LogP contribution >= 0.6 is 7.82 Å². The number of hydrogen-bond acceptors (Lipinski definition) is 13. The van der Waals surface area contributed by atoms with Crippen molar-refractivity contribution in [3.8, 4) is 5.75 Å². The number of aromatic nitrogens is 1. The standard InChI is InChI=1S/C34H39F2N6O15P/c1-18-10-34(57-38-18)6-5-19(2)41-14-25(34)42-13-23(30(46)37-11-20-3-4-21(35)9-24(20)36)28(45)29(27(42)31(41)47)56-33(49)40-7-8-53-16-22(40)12-39(15-26(43)44)32(48)54-17-55-58(50,51)52/h3-4,9,13,19,22,25H,5-8,10-12,14-17H2,1-2H3,(H,37,46)(H,43,44)(H2,50,51,52)/t19-,22?,25+,34-/m0/s1. The van der Waals surface area contributed by atoms with Gasteiger partial charge in [-0.05, 0) is 32.8 Å². The molecule has 1 spiro atoms.